The van der Waals surface area contributed by atoms with Crippen LogP contribution in [0.15, 0.2) is 0 Å². The summed E-state index contributed by atoms with van der Waals surface area (Å²) in [5, 5.41) is 9.04. The van der Waals surface area contributed by atoms with Gasteiger partial charge in [0.15, 0.2) is 6.04 Å². The molecule has 0 aliphatic rings. The van der Waals surface area contributed by atoms with Gasteiger partial charge in [0.2, 0.25) is 8.32 Å². The summed E-state index contributed by atoms with van der Waals surface area (Å²) in [7, 11) is -0.696. The normalized spacial score (nSPS) is 14.7. The molecule has 0 aromatic heterocycles. The molecule has 0 aromatic rings. The number of hydroxylamine groups is 1. The number of carbonyl (C=O) groups excluding carboxylic acids is 1. The minimum absolute atomic E-state index is 0.0378. The molecule has 2 N–H and O–H groups in total. The fourth-order valence-corrected chi connectivity index (χ4v) is 1.42. The van der Waals surface area contributed by atoms with Crippen molar-refractivity contribution in [2.24, 2.45) is 0 Å². The topological polar surface area (TPSA) is 67.8 Å². The average molecular weight is 249 g/mol. The van der Waals surface area contributed by atoms with Gasteiger partial charge in [-0.25, -0.2) is 0 Å². The summed E-state index contributed by atoms with van der Waals surface area (Å²) >= 11 is 0. The van der Waals surface area contributed by atoms with E-state index in [9.17, 15) is 4.79 Å². The second kappa shape index (κ2) is 5.76. The van der Waals surface area contributed by atoms with Crippen LogP contribution in [0.25, 0.3) is 0 Å². The van der Waals surface area contributed by atoms with Crippen molar-refractivity contribution in [3.8, 4) is 0 Å². The van der Waals surface area contributed by atoms with E-state index < -0.39 is 20.3 Å². The minimum atomic E-state index is -1.97. The van der Waals surface area contributed by atoms with Crippen LogP contribution in [-0.4, -0.2) is 39.2 Å². The summed E-state index contributed by atoms with van der Waals surface area (Å²) in [6.45, 7) is 10.0. The van der Waals surface area contributed by atoms with Gasteiger partial charge in [0.25, 0.3) is 0 Å². The van der Waals surface area contributed by atoms with Crippen LogP contribution in [0.1, 0.15) is 20.8 Å². The third-order valence-corrected chi connectivity index (χ3v) is 7.17. The summed E-state index contributed by atoms with van der Waals surface area (Å²) in [6.07, 6.45) is 0. The molecule has 0 aliphatic carbocycles. The predicted octanol–water partition coefficient (Wildman–Crippen LogP) is 1.05. The maximum Gasteiger partial charge on any atom is 0.327 e. The van der Waals surface area contributed by atoms with E-state index in [1.54, 1.807) is 0 Å². The molecule has 6 heteroatoms. The number of aliphatic hydroxyl groups is 1. The Bertz CT molecular complexity index is 237. The first-order chi connectivity index (χ1) is 7.15. The SMILES string of the molecule is COC(=O)[C@H](CO)NO[Si](C)(C)C(C)(C)C. The molecule has 96 valence electrons. The van der Waals surface area contributed by atoms with E-state index in [0.717, 1.165) is 0 Å². The molecule has 0 unspecified atom stereocenters. The highest BCUT2D eigenvalue weighted by molar-refractivity contribution is 6.74. The Balaban J connectivity index is 4.37. The molecule has 0 aromatic carbocycles. The van der Waals surface area contributed by atoms with E-state index in [1.807, 2.05) is 13.1 Å². The highest BCUT2D eigenvalue weighted by Crippen LogP contribution is 2.35. The Kier molecular flexibility index (Phi) is 5.61. The number of methoxy groups -OCH3 is 1. The van der Waals surface area contributed by atoms with Gasteiger partial charge in [0.05, 0.1) is 13.7 Å². The van der Waals surface area contributed by atoms with Crippen molar-refractivity contribution in [1.82, 2.24) is 5.48 Å². The van der Waals surface area contributed by atoms with Gasteiger partial charge < -0.3 is 14.4 Å². The number of rotatable bonds is 5. The molecule has 0 heterocycles. The summed E-state index contributed by atoms with van der Waals surface area (Å²) in [6, 6.07) is -0.820. The summed E-state index contributed by atoms with van der Waals surface area (Å²) in [5.41, 5.74) is 2.60. The van der Waals surface area contributed by atoms with Gasteiger partial charge in [-0.2, -0.15) is 5.48 Å². The predicted molar refractivity (Wildman–Crippen MR) is 64.3 cm³/mol. The molecule has 0 fully saturated rings. The maximum atomic E-state index is 11.2. The Labute approximate surface area is 98.2 Å². The van der Waals surface area contributed by atoms with Gasteiger partial charge in [0, 0.05) is 0 Å². The number of ether oxygens (including phenoxy) is 1. The van der Waals surface area contributed by atoms with E-state index >= 15 is 0 Å². The average Bonchev–Trinajstić information content (AvgIpc) is 2.16. The van der Waals surface area contributed by atoms with Crippen molar-refractivity contribution in [3.05, 3.63) is 0 Å². The second-order valence-corrected chi connectivity index (χ2v) is 9.96. The van der Waals surface area contributed by atoms with Gasteiger partial charge in [0.1, 0.15) is 0 Å². The van der Waals surface area contributed by atoms with Gasteiger partial charge in [-0.1, -0.05) is 20.8 Å². The number of hydrogen-bond acceptors (Lipinski definition) is 5. The second-order valence-electron chi connectivity index (χ2n) is 5.24. The van der Waals surface area contributed by atoms with Crippen LogP contribution in [0.3, 0.4) is 0 Å². The molecule has 0 spiro atoms. The lowest BCUT2D eigenvalue weighted by Gasteiger charge is -2.36. The Morgan fingerprint density at radius 3 is 2.25 bits per heavy atom. The maximum absolute atomic E-state index is 11.2. The molecule has 0 radical (unpaired) electrons. The van der Waals surface area contributed by atoms with Crippen molar-refractivity contribution >= 4 is 14.3 Å². The lowest BCUT2D eigenvalue weighted by molar-refractivity contribution is -0.146. The lowest BCUT2D eigenvalue weighted by Crippen LogP contribution is -2.51. The summed E-state index contributed by atoms with van der Waals surface area (Å²) < 4.78 is 10.1. The fourth-order valence-electron chi connectivity index (χ4n) is 0.674. The fraction of sp³-hybridized carbons (Fsp3) is 0.900. The lowest BCUT2D eigenvalue weighted by atomic mass is 10.2. The Morgan fingerprint density at radius 1 is 1.44 bits per heavy atom. The van der Waals surface area contributed by atoms with Crippen LogP contribution in [-0.2, 0) is 14.1 Å². The zero-order chi connectivity index (χ0) is 13.0. The third-order valence-electron chi connectivity index (χ3n) is 2.93. The van der Waals surface area contributed by atoms with E-state index in [1.165, 1.54) is 7.11 Å². The minimum Gasteiger partial charge on any atom is -0.468 e. The van der Waals surface area contributed by atoms with Gasteiger partial charge >= 0.3 is 5.97 Å². The molecule has 0 saturated heterocycles. The van der Waals surface area contributed by atoms with Crippen LogP contribution in [0, 0.1) is 0 Å². The molecular formula is C10H23NO4Si. The zero-order valence-electron chi connectivity index (χ0n) is 11.0. The number of hydrogen-bond donors (Lipinski definition) is 2. The monoisotopic (exact) mass is 249 g/mol. The van der Waals surface area contributed by atoms with Crippen molar-refractivity contribution < 1.29 is 19.2 Å². The standard InChI is InChI=1S/C10H23NO4Si/c1-10(2,3)16(5,6)15-11-8(7-12)9(13)14-4/h8,11-12H,7H2,1-6H3/t8-/m0/s1. The van der Waals surface area contributed by atoms with Crippen molar-refractivity contribution in [2.75, 3.05) is 13.7 Å². The molecule has 1 atom stereocenters. The van der Waals surface area contributed by atoms with Crippen molar-refractivity contribution in [2.45, 2.75) is 44.9 Å². The first-order valence-electron chi connectivity index (χ1n) is 5.28. The molecule has 0 saturated carbocycles. The first kappa shape index (κ1) is 15.6. The largest absolute Gasteiger partial charge is 0.468 e. The molecule has 5 nitrogen and oxygen atoms in total. The smallest absolute Gasteiger partial charge is 0.327 e. The number of esters is 1. The number of carbonyl (C=O) groups is 1. The third kappa shape index (κ3) is 4.21. The zero-order valence-corrected chi connectivity index (χ0v) is 12.0. The highest BCUT2D eigenvalue weighted by atomic mass is 28.4. The number of aliphatic hydroxyl groups excluding tert-OH is 1. The van der Waals surface area contributed by atoms with E-state index in [-0.39, 0.29) is 11.6 Å². The number of nitrogens with one attached hydrogen (secondary N) is 1. The van der Waals surface area contributed by atoms with Gasteiger partial charge in [-0.3, -0.25) is 4.79 Å². The molecule has 0 bridgehead atoms. The quantitative estimate of drug-likeness (QED) is 0.433. The van der Waals surface area contributed by atoms with Crippen LogP contribution in [0.2, 0.25) is 18.1 Å². The summed E-state index contributed by atoms with van der Waals surface area (Å²) in [5.74, 6) is -0.527. The summed E-state index contributed by atoms with van der Waals surface area (Å²) in [4.78, 5) is 11.2. The van der Waals surface area contributed by atoms with E-state index in [0.29, 0.717) is 0 Å². The molecule has 0 aliphatic heterocycles. The van der Waals surface area contributed by atoms with Crippen molar-refractivity contribution in [1.29, 1.82) is 0 Å². The van der Waals surface area contributed by atoms with E-state index in [4.69, 9.17) is 9.63 Å². The van der Waals surface area contributed by atoms with Crippen molar-refractivity contribution in [3.63, 3.8) is 0 Å². The van der Waals surface area contributed by atoms with Crippen LogP contribution in [0.4, 0.5) is 0 Å². The Morgan fingerprint density at radius 2 is 1.94 bits per heavy atom. The van der Waals surface area contributed by atoms with Crippen LogP contribution < -0.4 is 5.48 Å². The first-order valence-corrected chi connectivity index (χ1v) is 8.18. The molecule has 0 rings (SSSR count). The highest BCUT2D eigenvalue weighted by Gasteiger charge is 2.39. The Hall–Kier alpha value is -0.433. The van der Waals surface area contributed by atoms with E-state index in [2.05, 4.69) is 31.0 Å². The van der Waals surface area contributed by atoms with Gasteiger partial charge in [-0.05, 0) is 18.1 Å². The molecule has 0 amide bonds. The van der Waals surface area contributed by atoms with Crippen LogP contribution in [0.5, 0.6) is 0 Å². The van der Waals surface area contributed by atoms with Gasteiger partial charge in [-0.15, -0.1) is 0 Å². The van der Waals surface area contributed by atoms with Crippen LogP contribution >= 0.6 is 0 Å². The molecular weight excluding hydrogens is 226 g/mol. The molecule has 16 heavy (non-hydrogen) atoms.